The molecule has 0 aliphatic carbocycles. The molecule has 3 aromatic rings. The van der Waals surface area contributed by atoms with E-state index in [1.807, 2.05) is 26.0 Å². The summed E-state index contributed by atoms with van der Waals surface area (Å²) in [5.74, 6) is 0.165. The van der Waals surface area contributed by atoms with Crippen molar-refractivity contribution < 1.29 is 8.81 Å². The lowest BCUT2D eigenvalue weighted by atomic mass is 10.0. The molecule has 2 aromatic heterocycles. The SMILES string of the molecule is Cc1ccc(C(N)c2cc3cccc(F)c3o2)c(C)n1. The third kappa shape index (κ3) is 2.08. The molecule has 0 bridgehead atoms. The highest BCUT2D eigenvalue weighted by molar-refractivity contribution is 5.78. The van der Waals surface area contributed by atoms with Crippen LogP contribution in [0.2, 0.25) is 0 Å². The van der Waals surface area contributed by atoms with Crippen LogP contribution < -0.4 is 5.73 Å². The number of pyridine rings is 1. The topological polar surface area (TPSA) is 52.0 Å². The Balaban J connectivity index is 2.08. The van der Waals surface area contributed by atoms with Crippen molar-refractivity contribution in [3.05, 3.63) is 64.9 Å². The number of rotatable bonds is 2. The Morgan fingerprint density at radius 2 is 2.00 bits per heavy atom. The summed E-state index contributed by atoms with van der Waals surface area (Å²) in [6, 6.07) is 10.0. The van der Waals surface area contributed by atoms with Gasteiger partial charge in [0, 0.05) is 16.8 Å². The summed E-state index contributed by atoms with van der Waals surface area (Å²) < 4.78 is 19.2. The predicted molar refractivity (Wildman–Crippen MR) is 75.9 cm³/mol. The number of para-hydroxylation sites is 1. The minimum absolute atomic E-state index is 0.246. The molecule has 0 fully saturated rings. The largest absolute Gasteiger partial charge is 0.456 e. The second-order valence-corrected chi connectivity index (χ2v) is 4.91. The lowest BCUT2D eigenvalue weighted by molar-refractivity contribution is 0.501. The van der Waals surface area contributed by atoms with Crippen LogP contribution in [0.5, 0.6) is 0 Å². The predicted octanol–water partition coefficient (Wildman–Crippen LogP) is 3.63. The number of aromatic nitrogens is 1. The van der Waals surface area contributed by atoms with Gasteiger partial charge in [0.05, 0.1) is 6.04 Å². The van der Waals surface area contributed by atoms with Crippen LogP contribution in [0, 0.1) is 19.7 Å². The minimum Gasteiger partial charge on any atom is -0.456 e. The van der Waals surface area contributed by atoms with Gasteiger partial charge in [0.2, 0.25) is 0 Å². The van der Waals surface area contributed by atoms with E-state index in [-0.39, 0.29) is 11.4 Å². The maximum atomic E-state index is 13.7. The molecule has 1 aromatic carbocycles. The maximum Gasteiger partial charge on any atom is 0.169 e. The van der Waals surface area contributed by atoms with Crippen molar-refractivity contribution in [3.63, 3.8) is 0 Å². The molecule has 1 atom stereocenters. The Bertz CT molecular complexity index is 779. The smallest absolute Gasteiger partial charge is 0.169 e. The zero-order valence-electron chi connectivity index (χ0n) is 11.4. The van der Waals surface area contributed by atoms with Crippen LogP contribution >= 0.6 is 0 Å². The van der Waals surface area contributed by atoms with Crippen molar-refractivity contribution in [1.29, 1.82) is 0 Å². The zero-order valence-corrected chi connectivity index (χ0v) is 11.4. The minimum atomic E-state index is -0.449. The van der Waals surface area contributed by atoms with Crippen LogP contribution in [-0.2, 0) is 0 Å². The van der Waals surface area contributed by atoms with E-state index in [1.165, 1.54) is 6.07 Å². The van der Waals surface area contributed by atoms with E-state index < -0.39 is 6.04 Å². The molecular formula is C16H15FN2O. The van der Waals surface area contributed by atoms with E-state index in [4.69, 9.17) is 10.2 Å². The summed E-state index contributed by atoms with van der Waals surface area (Å²) >= 11 is 0. The number of benzene rings is 1. The molecule has 3 rings (SSSR count). The molecular weight excluding hydrogens is 255 g/mol. The summed E-state index contributed by atoms with van der Waals surface area (Å²) in [7, 11) is 0. The van der Waals surface area contributed by atoms with Crippen molar-refractivity contribution in [2.24, 2.45) is 5.73 Å². The highest BCUT2D eigenvalue weighted by atomic mass is 19.1. The number of halogens is 1. The van der Waals surface area contributed by atoms with E-state index in [0.717, 1.165) is 17.0 Å². The molecule has 0 amide bonds. The van der Waals surface area contributed by atoms with Gasteiger partial charge in [-0.1, -0.05) is 18.2 Å². The Kier molecular flexibility index (Phi) is 3.03. The van der Waals surface area contributed by atoms with Gasteiger partial charge < -0.3 is 10.2 Å². The zero-order chi connectivity index (χ0) is 14.3. The second kappa shape index (κ2) is 4.72. The summed E-state index contributed by atoms with van der Waals surface area (Å²) in [4.78, 5) is 4.40. The third-order valence-electron chi connectivity index (χ3n) is 3.42. The van der Waals surface area contributed by atoms with Crippen molar-refractivity contribution in [2.45, 2.75) is 19.9 Å². The first-order chi connectivity index (χ1) is 9.56. The fraction of sp³-hybridized carbons (Fsp3) is 0.188. The molecule has 0 aliphatic heterocycles. The summed E-state index contributed by atoms with van der Waals surface area (Å²) in [6.07, 6.45) is 0. The van der Waals surface area contributed by atoms with Gasteiger partial charge in [0.25, 0.3) is 0 Å². The summed E-state index contributed by atoms with van der Waals surface area (Å²) in [6.45, 7) is 3.84. The van der Waals surface area contributed by atoms with Gasteiger partial charge in [0.1, 0.15) is 5.76 Å². The second-order valence-electron chi connectivity index (χ2n) is 4.91. The number of nitrogens with zero attached hydrogens (tertiary/aromatic N) is 1. The van der Waals surface area contributed by atoms with E-state index >= 15 is 0 Å². The molecule has 20 heavy (non-hydrogen) atoms. The molecule has 0 saturated carbocycles. The van der Waals surface area contributed by atoms with Crippen molar-refractivity contribution in [3.8, 4) is 0 Å². The first kappa shape index (κ1) is 12.8. The number of nitrogens with two attached hydrogens (primary N) is 1. The maximum absolute atomic E-state index is 13.7. The monoisotopic (exact) mass is 270 g/mol. The van der Waals surface area contributed by atoms with Gasteiger partial charge in [-0.15, -0.1) is 0 Å². The van der Waals surface area contributed by atoms with Crippen LogP contribution in [-0.4, -0.2) is 4.98 Å². The first-order valence-corrected chi connectivity index (χ1v) is 6.44. The summed E-state index contributed by atoms with van der Waals surface area (Å²) in [5, 5.41) is 0.716. The molecule has 0 spiro atoms. The lowest BCUT2D eigenvalue weighted by Gasteiger charge is -2.12. The fourth-order valence-electron chi connectivity index (χ4n) is 2.38. The van der Waals surface area contributed by atoms with Crippen molar-refractivity contribution in [1.82, 2.24) is 4.98 Å². The van der Waals surface area contributed by atoms with Gasteiger partial charge in [-0.3, -0.25) is 4.98 Å². The molecule has 1 unspecified atom stereocenters. The Morgan fingerprint density at radius 3 is 2.70 bits per heavy atom. The van der Waals surface area contributed by atoms with Gasteiger partial charge in [0.15, 0.2) is 11.4 Å². The quantitative estimate of drug-likeness (QED) is 0.773. The average Bonchev–Trinajstić information content (AvgIpc) is 2.83. The molecule has 3 nitrogen and oxygen atoms in total. The molecule has 0 aliphatic rings. The number of fused-ring (bicyclic) bond motifs is 1. The van der Waals surface area contributed by atoms with Crippen molar-refractivity contribution >= 4 is 11.0 Å². The molecule has 2 heterocycles. The Morgan fingerprint density at radius 1 is 1.20 bits per heavy atom. The van der Waals surface area contributed by atoms with Crippen LogP contribution in [0.3, 0.4) is 0 Å². The Labute approximate surface area is 116 Å². The van der Waals surface area contributed by atoms with E-state index in [2.05, 4.69) is 4.98 Å². The van der Waals surface area contributed by atoms with Gasteiger partial charge in [-0.2, -0.15) is 0 Å². The van der Waals surface area contributed by atoms with E-state index in [9.17, 15) is 4.39 Å². The van der Waals surface area contributed by atoms with Gasteiger partial charge in [-0.25, -0.2) is 4.39 Å². The van der Waals surface area contributed by atoms with Gasteiger partial charge >= 0.3 is 0 Å². The van der Waals surface area contributed by atoms with Crippen LogP contribution in [0.15, 0.2) is 40.8 Å². The van der Waals surface area contributed by atoms with Crippen LogP contribution in [0.25, 0.3) is 11.0 Å². The molecule has 0 radical (unpaired) electrons. The number of hydrogen-bond donors (Lipinski definition) is 1. The van der Waals surface area contributed by atoms with E-state index in [1.54, 1.807) is 18.2 Å². The fourth-order valence-corrected chi connectivity index (χ4v) is 2.38. The normalized spacial score (nSPS) is 12.8. The molecule has 2 N–H and O–H groups in total. The number of aryl methyl sites for hydroxylation is 2. The molecule has 0 saturated heterocycles. The highest BCUT2D eigenvalue weighted by Gasteiger charge is 2.18. The molecule has 102 valence electrons. The average molecular weight is 270 g/mol. The number of hydrogen-bond acceptors (Lipinski definition) is 3. The van der Waals surface area contributed by atoms with Gasteiger partial charge in [-0.05, 0) is 37.6 Å². The first-order valence-electron chi connectivity index (χ1n) is 6.44. The van der Waals surface area contributed by atoms with Crippen LogP contribution in [0.4, 0.5) is 4.39 Å². The standard InChI is InChI=1S/C16H15FN2O/c1-9-6-7-12(10(2)19-9)15(18)14-8-11-4-3-5-13(17)16(11)20-14/h3-8,15H,18H2,1-2H3. The third-order valence-corrected chi connectivity index (χ3v) is 3.42. The highest BCUT2D eigenvalue weighted by Crippen LogP contribution is 2.29. The molecule has 4 heteroatoms. The van der Waals surface area contributed by atoms with Crippen LogP contribution in [0.1, 0.15) is 28.8 Å². The van der Waals surface area contributed by atoms with Crippen molar-refractivity contribution in [2.75, 3.05) is 0 Å². The Hall–Kier alpha value is -2.20. The lowest BCUT2D eigenvalue weighted by Crippen LogP contribution is -2.13. The summed E-state index contributed by atoms with van der Waals surface area (Å²) in [5.41, 5.74) is 9.15. The van der Waals surface area contributed by atoms with E-state index in [0.29, 0.717) is 11.1 Å². The number of furan rings is 1.